The Kier molecular flexibility index (Phi) is 5.02. The van der Waals surface area contributed by atoms with Crippen molar-refractivity contribution in [3.8, 4) is 0 Å². The lowest BCUT2D eigenvalue weighted by molar-refractivity contribution is -0.138. The van der Waals surface area contributed by atoms with Crippen molar-refractivity contribution in [2.75, 3.05) is 19.0 Å². The minimum atomic E-state index is -4.31. The molecule has 0 amide bonds. The Morgan fingerprint density at radius 1 is 1.33 bits per heavy atom. The fraction of sp³-hybridized carbons (Fsp3) is 0.538. The van der Waals surface area contributed by atoms with E-state index in [2.05, 4.69) is 5.32 Å². The van der Waals surface area contributed by atoms with Crippen molar-refractivity contribution in [2.24, 2.45) is 0 Å². The zero-order valence-electron chi connectivity index (χ0n) is 10.8. The van der Waals surface area contributed by atoms with Gasteiger partial charge in [0.2, 0.25) is 0 Å². The van der Waals surface area contributed by atoms with E-state index in [1.807, 2.05) is 6.92 Å². The molecule has 1 aromatic rings. The maximum atomic E-state index is 12.7. The molecule has 1 atom stereocenters. The van der Waals surface area contributed by atoms with Crippen LogP contribution in [0.2, 0.25) is 0 Å². The van der Waals surface area contributed by atoms with Gasteiger partial charge in [0.25, 0.3) is 0 Å². The molecule has 0 spiro atoms. The van der Waals surface area contributed by atoms with Crippen molar-refractivity contribution in [1.29, 1.82) is 0 Å². The number of hydrogen-bond donors (Lipinski definition) is 1. The Labute approximate surface area is 105 Å². The van der Waals surface area contributed by atoms with Gasteiger partial charge in [0, 0.05) is 25.4 Å². The number of methoxy groups -OCH3 is 1. The normalized spacial score (nSPS) is 13.4. The largest absolute Gasteiger partial charge is 0.416 e. The first kappa shape index (κ1) is 14.8. The van der Waals surface area contributed by atoms with Gasteiger partial charge in [0.15, 0.2) is 0 Å². The highest BCUT2D eigenvalue weighted by Crippen LogP contribution is 2.33. The summed E-state index contributed by atoms with van der Waals surface area (Å²) in [6, 6.07) is 4.36. The highest BCUT2D eigenvalue weighted by molar-refractivity contribution is 5.49. The topological polar surface area (TPSA) is 21.3 Å². The molecular weight excluding hydrogens is 243 g/mol. The Morgan fingerprint density at radius 2 is 2.00 bits per heavy atom. The zero-order valence-corrected chi connectivity index (χ0v) is 10.8. The Morgan fingerprint density at radius 3 is 2.56 bits per heavy atom. The minimum Gasteiger partial charge on any atom is -0.385 e. The van der Waals surface area contributed by atoms with E-state index in [-0.39, 0.29) is 11.6 Å². The summed E-state index contributed by atoms with van der Waals surface area (Å²) in [6.45, 7) is 3.94. The van der Waals surface area contributed by atoms with Crippen LogP contribution in [0.3, 0.4) is 0 Å². The lowest BCUT2D eigenvalue weighted by Gasteiger charge is -2.17. The second-order valence-corrected chi connectivity index (χ2v) is 4.35. The first-order valence-corrected chi connectivity index (χ1v) is 5.78. The molecule has 0 fully saturated rings. The highest BCUT2D eigenvalue weighted by Gasteiger charge is 2.32. The predicted molar refractivity (Wildman–Crippen MR) is 65.8 cm³/mol. The minimum absolute atomic E-state index is 0.0636. The molecule has 0 bridgehead atoms. The summed E-state index contributed by atoms with van der Waals surface area (Å²) in [5.41, 5.74) is 0.126. The van der Waals surface area contributed by atoms with Crippen molar-refractivity contribution < 1.29 is 17.9 Å². The third-order valence-corrected chi connectivity index (χ3v) is 2.71. The van der Waals surface area contributed by atoms with E-state index in [1.165, 1.54) is 13.0 Å². The monoisotopic (exact) mass is 261 g/mol. The summed E-state index contributed by atoms with van der Waals surface area (Å²) in [7, 11) is 1.60. The Balaban J connectivity index is 2.79. The van der Waals surface area contributed by atoms with Gasteiger partial charge in [-0.2, -0.15) is 13.2 Å². The lowest BCUT2D eigenvalue weighted by Crippen LogP contribution is -2.18. The van der Waals surface area contributed by atoms with Crippen molar-refractivity contribution in [3.05, 3.63) is 29.3 Å². The van der Waals surface area contributed by atoms with Crippen LogP contribution in [0.15, 0.2) is 18.2 Å². The van der Waals surface area contributed by atoms with Crippen LogP contribution < -0.4 is 5.32 Å². The van der Waals surface area contributed by atoms with Gasteiger partial charge < -0.3 is 10.1 Å². The van der Waals surface area contributed by atoms with Gasteiger partial charge in [-0.25, -0.2) is 0 Å². The quantitative estimate of drug-likeness (QED) is 0.869. The van der Waals surface area contributed by atoms with Crippen LogP contribution in [0.5, 0.6) is 0 Å². The van der Waals surface area contributed by atoms with Crippen LogP contribution >= 0.6 is 0 Å². The SMILES string of the molecule is COCCC(C)Nc1ccc(C)c(C(F)(F)F)c1. The molecule has 0 saturated heterocycles. The summed E-state index contributed by atoms with van der Waals surface area (Å²) < 4.78 is 43.1. The first-order chi connectivity index (χ1) is 8.34. The second-order valence-electron chi connectivity index (χ2n) is 4.35. The molecule has 1 aromatic carbocycles. The van der Waals surface area contributed by atoms with Crippen LogP contribution in [0, 0.1) is 6.92 Å². The van der Waals surface area contributed by atoms with Crippen LogP contribution in [0.1, 0.15) is 24.5 Å². The number of nitrogens with one attached hydrogen (secondary N) is 1. The number of ether oxygens (including phenoxy) is 1. The average Bonchev–Trinajstić information content (AvgIpc) is 2.27. The van der Waals surface area contributed by atoms with Crippen molar-refractivity contribution in [3.63, 3.8) is 0 Å². The molecule has 1 rings (SSSR count). The number of rotatable bonds is 5. The van der Waals surface area contributed by atoms with Crippen molar-refractivity contribution in [1.82, 2.24) is 0 Å². The molecule has 0 heterocycles. The summed E-state index contributed by atoms with van der Waals surface area (Å²) >= 11 is 0. The Bertz CT molecular complexity index is 390. The van der Waals surface area contributed by atoms with Gasteiger partial charge in [0.05, 0.1) is 5.56 Å². The summed E-state index contributed by atoms with van der Waals surface area (Å²) in [4.78, 5) is 0. The molecule has 1 N–H and O–H groups in total. The second kappa shape index (κ2) is 6.09. The molecule has 0 radical (unpaired) electrons. The zero-order chi connectivity index (χ0) is 13.8. The first-order valence-electron chi connectivity index (χ1n) is 5.78. The molecule has 0 aliphatic heterocycles. The molecule has 0 saturated carbocycles. The van der Waals surface area contributed by atoms with E-state index >= 15 is 0 Å². The molecule has 0 aliphatic rings. The fourth-order valence-corrected chi connectivity index (χ4v) is 1.67. The van der Waals surface area contributed by atoms with Gasteiger partial charge in [-0.15, -0.1) is 0 Å². The number of benzene rings is 1. The molecule has 18 heavy (non-hydrogen) atoms. The third-order valence-electron chi connectivity index (χ3n) is 2.71. The molecule has 0 aromatic heterocycles. The van der Waals surface area contributed by atoms with E-state index in [1.54, 1.807) is 13.2 Å². The number of anilines is 1. The standard InChI is InChI=1S/C13H18F3NO/c1-9-4-5-11(8-12(9)13(14,15)16)17-10(2)6-7-18-3/h4-5,8,10,17H,6-7H2,1-3H3. The summed E-state index contributed by atoms with van der Waals surface area (Å²) in [6.07, 6.45) is -3.57. The lowest BCUT2D eigenvalue weighted by atomic mass is 10.1. The summed E-state index contributed by atoms with van der Waals surface area (Å²) in [5.74, 6) is 0. The van der Waals surface area contributed by atoms with Crippen LogP contribution in [-0.2, 0) is 10.9 Å². The number of aryl methyl sites for hydroxylation is 1. The average molecular weight is 261 g/mol. The maximum Gasteiger partial charge on any atom is 0.416 e. The van der Waals surface area contributed by atoms with Crippen LogP contribution in [-0.4, -0.2) is 19.8 Å². The summed E-state index contributed by atoms with van der Waals surface area (Å²) in [5, 5.41) is 3.04. The number of hydrogen-bond acceptors (Lipinski definition) is 2. The molecule has 0 aliphatic carbocycles. The molecule has 5 heteroatoms. The van der Waals surface area contributed by atoms with Gasteiger partial charge in [-0.3, -0.25) is 0 Å². The van der Waals surface area contributed by atoms with Gasteiger partial charge >= 0.3 is 6.18 Å². The van der Waals surface area contributed by atoms with Crippen LogP contribution in [0.25, 0.3) is 0 Å². The van der Waals surface area contributed by atoms with Gasteiger partial charge in [-0.1, -0.05) is 6.07 Å². The smallest absolute Gasteiger partial charge is 0.385 e. The van der Waals surface area contributed by atoms with Gasteiger partial charge in [0.1, 0.15) is 0 Å². The maximum absolute atomic E-state index is 12.7. The fourth-order valence-electron chi connectivity index (χ4n) is 1.67. The van der Waals surface area contributed by atoms with E-state index in [4.69, 9.17) is 4.74 Å². The van der Waals surface area contributed by atoms with Crippen molar-refractivity contribution >= 4 is 5.69 Å². The van der Waals surface area contributed by atoms with E-state index in [0.717, 1.165) is 12.5 Å². The van der Waals surface area contributed by atoms with E-state index in [0.29, 0.717) is 12.3 Å². The van der Waals surface area contributed by atoms with E-state index in [9.17, 15) is 13.2 Å². The Hall–Kier alpha value is -1.23. The molecular formula is C13H18F3NO. The highest BCUT2D eigenvalue weighted by atomic mass is 19.4. The molecule has 2 nitrogen and oxygen atoms in total. The number of alkyl halides is 3. The van der Waals surface area contributed by atoms with Crippen LogP contribution in [0.4, 0.5) is 18.9 Å². The number of halogens is 3. The van der Waals surface area contributed by atoms with Crippen molar-refractivity contribution in [2.45, 2.75) is 32.5 Å². The molecule has 102 valence electrons. The third kappa shape index (κ3) is 4.22. The van der Waals surface area contributed by atoms with E-state index < -0.39 is 11.7 Å². The van der Waals surface area contributed by atoms with Gasteiger partial charge in [-0.05, 0) is 38.0 Å². The predicted octanol–water partition coefficient (Wildman–Crippen LogP) is 3.85. The molecule has 1 unspecified atom stereocenters.